The summed E-state index contributed by atoms with van der Waals surface area (Å²) in [6.07, 6.45) is 0.126. The van der Waals surface area contributed by atoms with E-state index in [1.807, 2.05) is 6.07 Å². The summed E-state index contributed by atoms with van der Waals surface area (Å²) in [6.45, 7) is 1.89. The van der Waals surface area contributed by atoms with Gasteiger partial charge in [0.15, 0.2) is 0 Å². The van der Waals surface area contributed by atoms with Crippen LogP contribution in [0.25, 0.3) is 0 Å². The van der Waals surface area contributed by atoms with E-state index >= 15 is 0 Å². The van der Waals surface area contributed by atoms with Crippen molar-refractivity contribution >= 4 is 11.9 Å². The lowest BCUT2D eigenvalue weighted by atomic mass is 9.96. The number of methoxy groups -OCH3 is 1. The van der Waals surface area contributed by atoms with E-state index < -0.39 is 17.9 Å². The Morgan fingerprint density at radius 3 is 2.63 bits per heavy atom. The molecule has 0 aliphatic carbocycles. The van der Waals surface area contributed by atoms with Crippen LogP contribution in [0.5, 0.6) is 0 Å². The Kier molecular flexibility index (Phi) is 5.55. The highest BCUT2D eigenvalue weighted by molar-refractivity contribution is 5.91. The van der Waals surface area contributed by atoms with Crippen molar-refractivity contribution in [2.24, 2.45) is 5.92 Å². The van der Waals surface area contributed by atoms with Crippen LogP contribution in [0.4, 0.5) is 0 Å². The van der Waals surface area contributed by atoms with E-state index in [9.17, 15) is 9.59 Å². The van der Waals surface area contributed by atoms with E-state index in [4.69, 9.17) is 10.00 Å². The van der Waals surface area contributed by atoms with Crippen LogP contribution in [0, 0.1) is 17.2 Å². The van der Waals surface area contributed by atoms with Gasteiger partial charge in [0.2, 0.25) is 0 Å². The Labute approximate surface area is 111 Å². The molecule has 19 heavy (non-hydrogen) atoms. The molecule has 5 nitrogen and oxygen atoms in total. The number of esters is 2. The van der Waals surface area contributed by atoms with Crippen molar-refractivity contribution in [1.82, 2.24) is 0 Å². The van der Waals surface area contributed by atoms with Gasteiger partial charge < -0.3 is 9.47 Å². The minimum Gasteiger partial charge on any atom is -0.465 e. The molecular formula is C14H15NO4. The normalized spacial score (nSPS) is 11.2. The molecule has 0 saturated heterocycles. The van der Waals surface area contributed by atoms with E-state index in [-0.39, 0.29) is 13.0 Å². The summed E-state index contributed by atoms with van der Waals surface area (Å²) in [6, 6.07) is 8.61. The van der Waals surface area contributed by atoms with Crippen LogP contribution in [0.1, 0.15) is 22.8 Å². The first-order chi connectivity index (χ1) is 9.13. The molecule has 5 heteroatoms. The van der Waals surface area contributed by atoms with Crippen molar-refractivity contribution in [3.05, 3.63) is 35.4 Å². The third-order valence-corrected chi connectivity index (χ3v) is 2.57. The summed E-state index contributed by atoms with van der Waals surface area (Å²) in [5.74, 6) is -1.99. The van der Waals surface area contributed by atoms with Crippen molar-refractivity contribution in [3.63, 3.8) is 0 Å². The summed E-state index contributed by atoms with van der Waals surface area (Å²) < 4.78 is 9.48. The van der Waals surface area contributed by atoms with Crippen LogP contribution < -0.4 is 0 Å². The maximum atomic E-state index is 11.6. The van der Waals surface area contributed by atoms with Crippen LogP contribution in [0.2, 0.25) is 0 Å². The monoisotopic (exact) mass is 261 g/mol. The minimum atomic E-state index is -0.925. The van der Waals surface area contributed by atoms with Gasteiger partial charge in [-0.3, -0.25) is 4.79 Å². The first-order valence-corrected chi connectivity index (χ1v) is 5.86. The summed E-state index contributed by atoms with van der Waals surface area (Å²) in [5.41, 5.74) is 0.948. The maximum Gasteiger partial charge on any atom is 0.338 e. The predicted octanol–water partition coefficient (Wildman–Crippen LogP) is 1.72. The van der Waals surface area contributed by atoms with Gasteiger partial charge in [0, 0.05) is 0 Å². The van der Waals surface area contributed by atoms with Crippen molar-refractivity contribution in [2.75, 3.05) is 13.7 Å². The molecule has 100 valence electrons. The van der Waals surface area contributed by atoms with Gasteiger partial charge in [0.1, 0.15) is 5.92 Å². The smallest absolute Gasteiger partial charge is 0.338 e. The maximum absolute atomic E-state index is 11.6. The largest absolute Gasteiger partial charge is 0.465 e. The van der Waals surface area contributed by atoms with Crippen molar-refractivity contribution in [2.45, 2.75) is 13.3 Å². The van der Waals surface area contributed by atoms with Crippen molar-refractivity contribution in [1.29, 1.82) is 5.26 Å². The molecule has 1 aromatic rings. The van der Waals surface area contributed by atoms with Crippen LogP contribution in [-0.2, 0) is 20.7 Å². The molecular weight excluding hydrogens is 246 g/mol. The molecule has 1 aromatic carbocycles. The van der Waals surface area contributed by atoms with Crippen LogP contribution in [0.15, 0.2) is 24.3 Å². The van der Waals surface area contributed by atoms with Gasteiger partial charge >= 0.3 is 11.9 Å². The molecule has 0 spiro atoms. The second kappa shape index (κ2) is 7.17. The second-order valence-electron chi connectivity index (χ2n) is 3.79. The number of benzene rings is 1. The Balaban J connectivity index is 2.95. The van der Waals surface area contributed by atoms with Gasteiger partial charge in [-0.2, -0.15) is 5.26 Å². The highest BCUT2D eigenvalue weighted by atomic mass is 16.5. The molecule has 0 aliphatic rings. The number of carbonyl (C=O) groups excluding carboxylic acids is 2. The Morgan fingerprint density at radius 2 is 2.05 bits per heavy atom. The van der Waals surface area contributed by atoms with Gasteiger partial charge in [0.25, 0.3) is 0 Å². The predicted molar refractivity (Wildman–Crippen MR) is 67.2 cm³/mol. The number of ether oxygens (including phenoxy) is 2. The highest BCUT2D eigenvalue weighted by Gasteiger charge is 2.22. The summed E-state index contributed by atoms with van der Waals surface area (Å²) in [4.78, 5) is 23.1. The molecule has 0 aromatic heterocycles. The number of nitrogens with zero attached hydrogens (tertiary/aromatic N) is 1. The Hall–Kier alpha value is -2.35. The second-order valence-corrected chi connectivity index (χ2v) is 3.79. The molecule has 1 atom stereocenters. The highest BCUT2D eigenvalue weighted by Crippen LogP contribution is 2.16. The molecule has 0 aliphatic heterocycles. The quantitative estimate of drug-likeness (QED) is 0.754. The molecule has 0 unspecified atom stereocenters. The molecule has 0 saturated carbocycles. The molecule has 0 bridgehead atoms. The summed E-state index contributed by atoms with van der Waals surface area (Å²) in [5, 5.41) is 9.00. The van der Waals surface area contributed by atoms with Crippen molar-refractivity contribution < 1.29 is 19.1 Å². The molecule has 0 amide bonds. The summed E-state index contributed by atoms with van der Waals surface area (Å²) in [7, 11) is 1.28. The standard InChI is InChI=1S/C14H15NO4/c1-3-19-13(16)11(9-15)8-10-6-4-5-7-12(10)14(17)18-2/h4-7,11H,3,8H2,1-2H3/t11-/m0/s1. The lowest BCUT2D eigenvalue weighted by molar-refractivity contribution is -0.145. The number of carbonyl (C=O) groups is 2. The van der Waals surface area contributed by atoms with E-state index in [1.165, 1.54) is 7.11 Å². The average Bonchev–Trinajstić information content (AvgIpc) is 2.44. The van der Waals surface area contributed by atoms with Crippen molar-refractivity contribution in [3.8, 4) is 6.07 Å². The Morgan fingerprint density at radius 1 is 1.37 bits per heavy atom. The van der Waals surface area contributed by atoms with Gasteiger partial charge in [-0.1, -0.05) is 18.2 Å². The lowest BCUT2D eigenvalue weighted by Gasteiger charge is -2.11. The van der Waals surface area contributed by atoms with E-state index in [0.717, 1.165) is 0 Å². The number of rotatable bonds is 5. The molecule has 0 heterocycles. The SMILES string of the molecule is CCOC(=O)[C@H](C#N)Cc1ccccc1C(=O)OC. The van der Waals surface area contributed by atoms with Crippen LogP contribution >= 0.6 is 0 Å². The van der Waals surface area contributed by atoms with E-state index in [1.54, 1.807) is 31.2 Å². The molecule has 0 fully saturated rings. The zero-order valence-electron chi connectivity index (χ0n) is 10.9. The first-order valence-electron chi connectivity index (χ1n) is 5.86. The molecule has 0 radical (unpaired) electrons. The Bertz CT molecular complexity index is 504. The van der Waals surface area contributed by atoms with Gasteiger partial charge in [-0.15, -0.1) is 0 Å². The fraction of sp³-hybridized carbons (Fsp3) is 0.357. The number of nitriles is 1. The molecule has 1 rings (SSSR count). The third kappa shape index (κ3) is 3.81. The third-order valence-electron chi connectivity index (χ3n) is 2.57. The van der Waals surface area contributed by atoms with E-state index in [2.05, 4.69) is 4.74 Å². The van der Waals surface area contributed by atoms with Gasteiger partial charge in [-0.25, -0.2) is 4.79 Å². The number of hydrogen-bond acceptors (Lipinski definition) is 5. The van der Waals surface area contributed by atoms with Gasteiger partial charge in [-0.05, 0) is 25.0 Å². The zero-order valence-corrected chi connectivity index (χ0v) is 10.9. The summed E-state index contributed by atoms with van der Waals surface area (Å²) >= 11 is 0. The van der Waals surface area contributed by atoms with Crippen LogP contribution in [0.3, 0.4) is 0 Å². The topological polar surface area (TPSA) is 76.4 Å². The zero-order chi connectivity index (χ0) is 14.3. The fourth-order valence-electron chi connectivity index (χ4n) is 1.65. The first kappa shape index (κ1) is 14.7. The van der Waals surface area contributed by atoms with Crippen LogP contribution in [-0.4, -0.2) is 25.7 Å². The fourth-order valence-corrected chi connectivity index (χ4v) is 1.65. The van der Waals surface area contributed by atoms with Gasteiger partial charge in [0.05, 0.1) is 25.3 Å². The lowest BCUT2D eigenvalue weighted by Crippen LogP contribution is -2.20. The van der Waals surface area contributed by atoms with E-state index in [0.29, 0.717) is 11.1 Å². The number of hydrogen-bond donors (Lipinski definition) is 0. The molecule has 0 N–H and O–H groups in total. The average molecular weight is 261 g/mol. The minimum absolute atomic E-state index is 0.126.